The van der Waals surface area contributed by atoms with Crippen molar-refractivity contribution in [3.63, 3.8) is 0 Å². The van der Waals surface area contributed by atoms with Gasteiger partial charge in [0.15, 0.2) is 0 Å². The normalized spacial score (nSPS) is 23.0. The second-order valence-corrected chi connectivity index (χ2v) is 6.90. The molecule has 1 aromatic rings. The van der Waals surface area contributed by atoms with Crippen LogP contribution in [0.1, 0.15) is 57.4 Å². The van der Waals surface area contributed by atoms with Crippen LogP contribution < -0.4 is 5.32 Å². The molecule has 0 amide bonds. The summed E-state index contributed by atoms with van der Waals surface area (Å²) in [5, 5.41) is 3.83. The number of benzene rings is 1. The Morgan fingerprint density at radius 1 is 1.10 bits per heavy atom. The molecule has 1 N–H and O–H groups in total. The number of rotatable bonds is 6. The molecule has 2 rings (SSSR count). The highest BCUT2D eigenvalue weighted by Crippen LogP contribution is 2.29. The third-order valence-corrected chi connectivity index (χ3v) is 4.65. The van der Waals surface area contributed by atoms with Gasteiger partial charge in [-0.3, -0.25) is 0 Å². The van der Waals surface area contributed by atoms with E-state index in [-0.39, 0.29) is 0 Å². The molecule has 0 heterocycles. The van der Waals surface area contributed by atoms with Gasteiger partial charge >= 0.3 is 0 Å². The number of hydrogen-bond donors (Lipinski definition) is 1. The summed E-state index contributed by atoms with van der Waals surface area (Å²) in [6.07, 6.45) is 9.65. The van der Waals surface area contributed by atoms with Gasteiger partial charge < -0.3 is 10.2 Å². The number of hydrogen-bond acceptors (Lipinski definition) is 2. The highest BCUT2D eigenvalue weighted by atomic mass is 15.1. The third-order valence-electron chi connectivity index (χ3n) is 4.65. The summed E-state index contributed by atoms with van der Waals surface area (Å²) >= 11 is 0. The molecule has 1 aliphatic rings. The zero-order valence-corrected chi connectivity index (χ0v) is 14.1. The number of nitrogens with one attached hydrogen (secondary N) is 1. The average molecular weight is 288 g/mol. The zero-order chi connectivity index (χ0) is 15.1. The second-order valence-electron chi connectivity index (χ2n) is 6.90. The molecule has 1 aliphatic carbocycles. The average Bonchev–Trinajstić information content (AvgIpc) is 2.67. The summed E-state index contributed by atoms with van der Waals surface area (Å²) < 4.78 is 0. The maximum absolute atomic E-state index is 3.83. The number of anilines is 1. The van der Waals surface area contributed by atoms with E-state index in [1.54, 1.807) is 0 Å². The molecule has 0 bridgehead atoms. The maximum atomic E-state index is 3.83. The van der Waals surface area contributed by atoms with Gasteiger partial charge in [-0.25, -0.2) is 0 Å². The van der Waals surface area contributed by atoms with Crippen molar-refractivity contribution in [3.8, 4) is 0 Å². The van der Waals surface area contributed by atoms with Crippen LogP contribution in [0.2, 0.25) is 0 Å². The fourth-order valence-corrected chi connectivity index (χ4v) is 3.58. The van der Waals surface area contributed by atoms with Crippen LogP contribution in [0, 0.1) is 5.92 Å². The first-order valence-corrected chi connectivity index (χ1v) is 8.68. The van der Waals surface area contributed by atoms with Crippen LogP contribution in [0.25, 0.3) is 0 Å². The number of para-hydroxylation sites is 1. The summed E-state index contributed by atoms with van der Waals surface area (Å²) in [4.78, 5) is 2.24. The van der Waals surface area contributed by atoms with Crippen molar-refractivity contribution in [3.05, 3.63) is 29.8 Å². The van der Waals surface area contributed by atoms with E-state index in [1.807, 2.05) is 0 Å². The lowest BCUT2D eigenvalue weighted by molar-refractivity contribution is 0.402. The van der Waals surface area contributed by atoms with E-state index in [0.29, 0.717) is 6.04 Å². The molecule has 1 saturated carbocycles. The first-order valence-electron chi connectivity index (χ1n) is 8.68. The fraction of sp³-hybridized carbons (Fsp3) is 0.684. The van der Waals surface area contributed by atoms with E-state index < -0.39 is 0 Å². The van der Waals surface area contributed by atoms with E-state index in [2.05, 4.69) is 55.5 Å². The van der Waals surface area contributed by atoms with Crippen molar-refractivity contribution in [2.75, 3.05) is 19.4 Å². The summed E-state index contributed by atoms with van der Waals surface area (Å²) in [7, 11) is 4.27. The Bertz CT molecular complexity index is 414. The highest BCUT2D eigenvalue weighted by Gasteiger charge is 2.18. The van der Waals surface area contributed by atoms with Gasteiger partial charge in [-0.2, -0.15) is 0 Å². The summed E-state index contributed by atoms with van der Waals surface area (Å²) in [5.41, 5.74) is 2.75. The molecular formula is C19H32N2. The van der Waals surface area contributed by atoms with Crippen LogP contribution in [0.15, 0.2) is 24.3 Å². The molecular weight excluding hydrogens is 256 g/mol. The summed E-state index contributed by atoms with van der Waals surface area (Å²) in [5.74, 6) is 0.971. The molecule has 0 radical (unpaired) electrons. The Balaban J connectivity index is 1.95. The van der Waals surface area contributed by atoms with Gasteiger partial charge in [0.2, 0.25) is 0 Å². The van der Waals surface area contributed by atoms with Crippen LogP contribution in [0.5, 0.6) is 0 Å². The van der Waals surface area contributed by atoms with E-state index in [1.165, 1.54) is 56.2 Å². The largest absolute Gasteiger partial charge is 0.382 e. The molecule has 2 heteroatoms. The minimum Gasteiger partial charge on any atom is -0.382 e. The van der Waals surface area contributed by atoms with Gasteiger partial charge in [0.05, 0.1) is 0 Å². The standard InChI is InChI=1S/C19H32N2/c1-4-8-16-9-7-11-18(14-13-16)20-19-12-6-5-10-17(19)15-21(2)3/h5-6,10,12,16,18,20H,4,7-9,11,13-15H2,1-3H3. The third kappa shape index (κ3) is 5.35. The quantitative estimate of drug-likeness (QED) is 0.748. The van der Waals surface area contributed by atoms with Crippen LogP contribution in [-0.2, 0) is 6.54 Å². The molecule has 2 nitrogen and oxygen atoms in total. The molecule has 2 atom stereocenters. The minimum atomic E-state index is 0.662. The fourth-order valence-electron chi connectivity index (χ4n) is 3.58. The van der Waals surface area contributed by atoms with Crippen molar-refractivity contribution in [1.82, 2.24) is 4.90 Å². The van der Waals surface area contributed by atoms with E-state index >= 15 is 0 Å². The van der Waals surface area contributed by atoms with Crippen LogP contribution in [0.3, 0.4) is 0 Å². The van der Waals surface area contributed by atoms with Crippen molar-refractivity contribution in [2.24, 2.45) is 5.92 Å². The van der Waals surface area contributed by atoms with Gasteiger partial charge in [0.25, 0.3) is 0 Å². The number of nitrogens with zero attached hydrogens (tertiary/aromatic N) is 1. The lowest BCUT2D eigenvalue weighted by Gasteiger charge is -2.21. The molecule has 1 aromatic carbocycles. The first-order chi connectivity index (χ1) is 10.2. The molecule has 118 valence electrons. The molecule has 0 aliphatic heterocycles. The maximum Gasteiger partial charge on any atom is 0.0388 e. The summed E-state index contributed by atoms with van der Waals surface area (Å²) in [6, 6.07) is 9.45. The Labute approximate surface area is 130 Å². The minimum absolute atomic E-state index is 0.662. The lowest BCUT2D eigenvalue weighted by Crippen LogP contribution is -2.20. The monoisotopic (exact) mass is 288 g/mol. The van der Waals surface area contributed by atoms with Gasteiger partial charge in [-0.15, -0.1) is 0 Å². The van der Waals surface area contributed by atoms with Gasteiger partial charge in [-0.1, -0.05) is 50.8 Å². The molecule has 0 spiro atoms. The van der Waals surface area contributed by atoms with E-state index in [9.17, 15) is 0 Å². The SMILES string of the molecule is CCCC1CCCC(Nc2ccccc2CN(C)C)CC1. The Morgan fingerprint density at radius 3 is 2.67 bits per heavy atom. The Kier molecular flexibility index (Phi) is 6.56. The predicted octanol–water partition coefficient (Wildman–Crippen LogP) is 4.91. The van der Waals surface area contributed by atoms with Crippen LogP contribution in [0.4, 0.5) is 5.69 Å². The van der Waals surface area contributed by atoms with Crippen molar-refractivity contribution in [2.45, 2.75) is 64.5 Å². The Hall–Kier alpha value is -1.02. The first kappa shape index (κ1) is 16.4. The highest BCUT2D eigenvalue weighted by molar-refractivity contribution is 5.51. The molecule has 0 aromatic heterocycles. The lowest BCUT2D eigenvalue weighted by atomic mass is 9.95. The van der Waals surface area contributed by atoms with E-state index in [4.69, 9.17) is 0 Å². The van der Waals surface area contributed by atoms with Crippen molar-refractivity contribution < 1.29 is 0 Å². The molecule has 2 unspecified atom stereocenters. The second kappa shape index (κ2) is 8.43. The molecule has 21 heavy (non-hydrogen) atoms. The van der Waals surface area contributed by atoms with E-state index in [0.717, 1.165) is 12.5 Å². The molecule has 0 saturated heterocycles. The zero-order valence-electron chi connectivity index (χ0n) is 14.1. The molecule has 1 fully saturated rings. The van der Waals surface area contributed by atoms with Crippen LogP contribution in [-0.4, -0.2) is 25.0 Å². The van der Waals surface area contributed by atoms with Gasteiger partial charge in [0.1, 0.15) is 0 Å². The smallest absolute Gasteiger partial charge is 0.0388 e. The topological polar surface area (TPSA) is 15.3 Å². The summed E-state index contributed by atoms with van der Waals surface area (Å²) in [6.45, 7) is 3.33. The Morgan fingerprint density at radius 2 is 1.90 bits per heavy atom. The predicted molar refractivity (Wildman–Crippen MR) is 92.7 cm³/mol. The van der Waals surface area contributed by atoms with Crippen molar-refractivity contribution in [1.29, 1.82) is 0 Å². The van der Waals surface area contributed by atoms with Gasteiger partial charge in [-0.05, 0) is 50.9 Å². The van der Waals surface area contributed by atoms with Gasteiger partial charge in [0, 0.05) is 18.3 Å². The van der Waals surface area contributed by atoms with Crippen molar-refractivity contribution >= 4 is 5.69 Å². The van der Waals surface area contributed by atoms with Crippen LogP contribution >= 0.6 is 0 Å².